The van der Waals surface area contributed by atoms with E-state index >= 15 is 0 Å². The molecule has 6 nitrogen and oxygen atoms in total. The summed E-state index contributed by atoms with van der Waals surface area (Å²) in [6.45, 7) is -3.49. The highest BCUT2D eigenvalue weighted by Crippen LogP contribution is 2.20. The number of halogens is 3. The molecule has 144 valence electrons. The molecule has 0 aliphatic rings. The van der Waals surface area contributed by atoms with Crippen LogP contribution in [0.1, 0.15) is 11.1 Å². The number of carbonyl (C=O) groups is 2. The van der Waals surface area contributed by atoms with E-state index in [4.69, 9.17) is 21.6 Å². The summed E-state index contributed by atoms with van der Waals surface area (Å²) < 4.78 is 33.2. The molecule has 0 saturated carbocycles. The molecular formula is C19H13ClF2N2O4. The highest BCUT2D eigenvalue weighted by Gasteiger charge is 2.09. The Hall–Kier alpha value is -3.44. The molecule has 0 unspecified atom stereocenters. The van der Waals surface area contributed by atoms with Crippen LogP contribution in [0.25, 0.3) is 6.08 Å². The van der Waals surface area contributed by atoms with Crippen molar-refractivity contribution in [3.8, 4) is 11.8 Å². The number of alkyl halides is 2. The first-order valence-electron chi connectivity index (χ1n) is 7.76. The van der Waals surface area contributed by atoms with Crippen molar-refractivity contribution in [3.63, 3.8) is 0 Å². The summed E-state index contributed by atoms with van der Waals surface area (Å²) in [5, 5.41) is 11.8. The number of hydrogen-bond donors (Lipinski definition) is 1. The molecule has 2 rings (SSSR count). The van der Waals surface area contributed by atoms with Crippen LogP contribution < -0.4 is 10.1 Å². The fraction of sp³-hybridized carbons (Fsp3) is 0.105. The second-order valence-electron chi connectivity index (χ2n) is 5.24. The molecule has 2 aromatic rings. The Labute approximate surface area is 163 Å². The van der Waals surface area contributed by atoms with Gasteiger partial charge in [0.1, 0.15) is 11.8 Å². The molecule has 0 aromatic heterocycles. The Kier molecular flexibility index (Phi) is 7.48. The topological polar surface area (TPSA) is 88.4 Å². The number of esters is 1. The molecule has 0 saturated heterocycles. The van der Waals surface area contributed by atoms with Crippen molar-refractivity contribution in [2.75, 3.05) is 11.9 Å². The lowest BCUT2D eigenvalue weighted by atomic mass is 10.2. The lowest BCUT2D eigenvalue weighted by Crippen LogP contribution is -2.20. The van der Waals surface area contributed by atoms with Gasteiger partial charge in [-0.2, -0.15) is 14.0 Å². The second kappa shape index (κ2) is 10.0. The summed E-state index contributed by atoms with van der Waals surface area (Å²) >= 11 is 5.82. The number of anilines is 1. The van der Waals surface area contributed by atoms with Gasteiger partial charge in [0, 0.05) is 11.1 Å². The van der Waals surface area contributed by atoms with Crippen LogP contribution in [0.15, 0.2) is 48.5 Å². The molecule has 0 spiro atoms. The maximum Gasteiger partial charge on any atom is 0.387 e. The fourth-order valence-electron chi connectivity index (χ4n) is 2.01. The van der Waals surface area contributed by atoms with Crippen molar-refractivity contribution >= 4 is 35.2 Å². The summed E-state index contributed by atoms with van der Waals surface area (Å²) in [4.78, 5) is 23.5. The van der Waals surface area contributed by atoms with Gasteiger partial charge in [-0.15, -0.1) is 0 Å². The first-order valence-corrected chi connectivity index (χ1v) is 8.14. The molecule has 0 bridgehead atoms. The Bertz CT molecular complexity index is 925. The highest BCUT2D eigenvalue weighted by molar-refractivity contribution is 6.31. The van der Waals surface area contributed by atoms with Crippen molar-refractivity contribution < 1.29 is 27.8 Å². The van der Waals surface area contributed by atoms with Crippen LogP contribution in [0.2, 0.25) is 5.02 Å². The summed E-state index contributed by atoms with van der Waals surface area (Å²) in [6.07, 6.45) is 2.47. The first kappa shape index (κ1) is 20.9. The normalized spacial score (nSPS) is 10.5. The number of benzene rings is 2. The van der Waals surface area contributed by atoms with Crippen molar-refractivity contribution in [2.45, 2.75) is 6.61 Å². The summed E-state index contributed by atoms with van der Waals surface area (Å²) in [5.41, 5.74) is 0.960. The first-order chi connectivity index (χ1) is 13.4. The lowest BCUT2D eigenvalue weighted by Gasteiger charge is -2.07. The molecule has 0 fully saturated rings. The quantitative estimate of drug-likeness (QED) is 0.554. The third-order valence-electron chi connectivity index (χ3n) is 3.24. The van der Waals surface area contributed by atoms with Gasteiger partial charge < -0.3 is 14.8 Å². The zero-order valence-electron chi connectivity index (χ0n) is 14.2. The molecular weight excluding hydrogens is 394 g/mol. The predicted molar refractivity (Wildman–Crippen MR) is 97.9 cm³/mol. The molecule has 1 N–H and O–H groups in total. The average Bonchev–Trinajstić information content (AvgIpc) is 2.65. The number of hydrogen-bond acceptors (Lipinski definition) is 5. The third kappa shape index (κ3) is 6.70. The maximum absolute atomic E-state index is 12.1. The van der Waals surface area contributed by atoms with Crippen LogP contribution in [-0.2, 0) is 14.3 Å². The molecule has 2 aromatic carbocycles. The average molecular weight is 407 g/mol. The van der Waals surface area contributed by atoms with Crippen LogP contribution in [-0.4, -0.2) is 25.1 Å². The largest absolute Gasteiger partial charge is 0.452 e. The molecule has 0 atom stereocenters. The number of carbonyl (C=O) groups excluding carboxylic acids is 2. The molecule has 0 heterocycles. The standard InChI is InChI=1S/C19H13ClF2N2O4/c20-14-5-4-13(10-23)16(9-14)24-17(25)11-27-18(26)8-3-12-1-6-15(7-2-12)28-19(21)22/h1-9,19H,11H2,(H,24,25). The molecule has 0 radical (unpaired) electrons. The van der Waals surface area contributed by atoms with E-state index in [-0.39, 0.29) is 17.0 Å². The van der Waals surface area contributed by atoms with Crippen molar-refractivity contribution in [3.05, 3.63) is 64.7 Å². The Morgan fingerprint density at radius 2 is 1.93 bits per heavy atom. The second-order valence-corrected chi connectivity index (χ2v) is 5.67. The maximum atomic E-state index is 12.1. The van der Waals surface area contributed by atoms with Crippen LogP contribution in [0.4, 0.5) is 14.5 Å². The van der Waals surface area contributed by atoms with Gasteiger partial charge in [-0.25, -0.2) is 4.79 Å². The third-order valence-corrected chi connectivity index (χ3v) is 3.47. The SMILES string of the molecule is N#Cc1ccc(Cl)cc1NC(=O)COC(=O)C=Cc1ccc(OC(F)F)cc1. The lowest BCUT2D eigenvalue weighted by molar-refractivity contribution is -0.142. The van der Waals surface area contributed by atoms with Crippen LogP contribution in [0.3, 0.4) is 0 Å². The monoisotopic (exact) mass is 406 g/mol. The van der Waals surface area contributed by atoms with Crippen molar-refractivity contribution in [1.29, 1.82) is 5.26 Å². The van der Waals surface area contributed by atoms with E-state index in [1.54, 1.807) is 0 Å². The summed E-state index contributed by atoms with van der Waals surface area (Å²) in [6, 6.07) is 11.8. The molecule has 9 heteroatoms. The minimum Gasteiger partial charge on any atom is -0.452 e. The van der Waals surface area contributed by atoms with Gasteiger partial charge in [-0.05, 0) is 42.0 Å². The van der Waals surface area contributed by atoms with E-state index < -0.39 is 25.1 Å². The van der Waals surface area contributed by atoms with E-state index in [2.05, 4.69) is 10.1 Å². The Morgan fingerprint density at radius 3 is 2.57 bits per heavy atom. The van der Waals surface area contributed by atoms with Crippen LogP contribution in [0.5, 0.6) is 5.75 Å². The molecule has 28 heavy (non-hydrogen) atoms. The fourth-order valence-corrected chi connectivity index (χ4v) is 2.19. The van der Waals surface area contributed by atoms with Crippen molar-refractivity contribution in [2.24, 2.45) is 0 Å². The molecule has 1 amide bonds. The Morgan fingerprint density at radius 1 is 1.21 bits per heavy atom. The summed E-state index contributed by atoms with van der Waals surface area (Å²) in [5.74, 6) is -1.44. The van der Waals surface area contributed by atoms with Gasteiger partial charge in [0.2, 0.25) is 0 Å². The molecule has 0 aliphatic carbocycles. The smallest absolute Gasteiger partial charge is 0.387 e. The zero-order valence-corrected chi connectivity index (χ0v) is 15.0. The van der Waals surface area contributed by atoms with E-state index in [1.165, 1.54) is 48.5 Å². The minimum absolute atomic E-state index is 0.0100. The van der Waals surface area contributed by atoms with E-state index in [9.17, 15) is 18.4 Å². The van der Waals surface area contributed by atoms with Crippen LogP contribution in [0, 0.1) is 11.3 Å². The number of nitrogens with zero attached hydrogens (tertiary/aromatic N) is 1. The van der Waals surface area contributed by atoms with E-state index in [1.807, 2.05) is 6.07 Å². The number of nitrogens with one attached hydrogen (secondary N) is 1. The Balaban J connectivity index is 1.85. The van der Waals surface area contributed by atoms with Gasteiger partial charge in [0.05, 0.1) is 11.3 Å². The molecule has 0 aliphatic heterocycles. The minimum atomic E-state index is -2.92. The predicted octanol–water partition coefficient (Wildman–Crippen LogP) is 4.01. The number of nitriles is 1. The zero-order chi connectivity index (χ0) is 20.5. The number of rotatable bonds is 7. The van der Waals surface area contributed by atoms with Gasteiger partial charge in [-0.1, -0.05) is 23.7 Å². The van der Waals surface area contributed by atoms with Gasteiger partial charge in [-0.3, -0.25) is 4.79 Å². The van der Waals surface area contributed by atoms with E-state index in [0.717, 1.165) is 6.08 Å². The number of amides is 1. The van der Waals surface area contributed by atoms with Crippen LogP contribution >= 0.6 is 11.6 Å². The van der Waals surface area contributed by atoms with Gasteiger partial charge >= 0.3 is 12.6 Å². The van der Waals surface area contributed by atoms with Crippen molar-refractivity contribution in [1.82, 2.24) is 0 Å². The summed E-state index contributed by atoms with van der Waals surface area (Å²) in [7, 11) is 0. The highest BCUT2D eigenvalue weighted by atomic mass is 35.5. The van der Waals surface area contributed by atoms with E-state index in [0.29, 0.717) is 10.6 Å². The number of ether oxygens (including phenoxy) is 2. The van der Waals surface area contributed by atoms with Gasteiger partial charge in [0.25, 0.3) is 5.91 Å². The van der Waals surface area contributed by atoms with Gasteiger partial charge in [0.15, 0.2) is 6.61 Å².